The molecule has 0 saturated carbocycles. The number of carbonyl (C=O) groups is 2. The van der Waals surface area contributed by atoms with Crippen LogP contribution in [0.3, 0.4) is 0 Å². The highest BCUT2D eigenvalue weighted by molar-refractivity contribution is 7.80. The second-order valence-corrected chi connectivity index (χ2v) is 5.83. The molecule has 1 aliphatic heterocycles. The largest absolute Gasteiger partial charge is 0.340 e. The lowest BCUT2D eigenvalue weighted by Gasteiger charge is -2.33. The van der Waals surface area contributed by atoms with Crippen molar-refractivity contribution in [2.75, 3.05) is 27.2 Å². The Kier molecular flexibility index (Phi) is 6.22. The van der Waals surface area contributed by atoms with Crippen LogP contribution in [0, 0.1) is 5.92 Å². The number of nitrogens with zero attached hydrogens (tertiary/aromatic N) is 2. The third-order valence-corrected chi connectivity index (χ3v) is 3.27. The highest BCUT2D eigenvalue weighted by Crippen LogP contribution is 2.12. The van der Waals surface area contributed by atoms with Crippen LogP contribution in [-0.2, 0) is 9.59 Å². The molecule has 0 unspecified atom stereocenters. The average Bonchev–Trinajstić information content (AvgIpc) is 2.30. The van der Waals surface area contributed by atoms with Gasteiger partial charge in [-0.3, -0.25) is 19.5 Å². The Balaban J connectivity index is 2.63. The van der Waals surface area contributed by atoms with Crippen molar-refractivity contribution in [3.05, 3.63) is 0 Å². The second kappa shape index (κ2) is 7.44. The van der Waals surface area contributed by atoms with E-state index in [1.807, 2.05) is 13.8 Å². The molecule has 0 aromatic heterocycles. The number of thiocarbonyl (C=S) groups is 1. The molecule has 0 radical (unpaired) electrons. The van der Waals surface area contributed by atoms with Crippen LogP contribution >= 0.6 is 12.2 Å². The van der Waals surface area contributed by atoms with Gasteiger partial charge in [-0.25, -0.2) is 0 Å². The molecule has 1 aliphatic rings. The van der Waals surface area contributed by atoms with Gasteiger partial charge in [0, 0.05) is 25.2 Å². The monoisotopic (exact) mass is 299 g/mol. The third-order valence-electron chi connectivity index (χ3n) is 2.97. The molecule has 0 bridgehead atoms. The maximum atomic E-state index is 12.2. The first-order valence-electron chi connectivity index (χ1n) is 6.81. The SMILES string of the molecule is CC(C)N1C(=O)[C@H](C=NCCC[NH+](C)C)C(=O)NC1=S. The summed E-state index contributed by atoms with van der Waals surface area (Å²) in [5, 5.41) is 2.73. The van der Waals surface area contributed by atoms with Gasteiger partial charge in [0.2, 0.25) is 11.8 Å². The van der Waals surface area contributed by atoms with Gasteiger partial charge in [0.25, 0.3) is 0 Å². The Hall–Kier alpha value is -1.34. The molecule has 2 amide bonds. The van der Waals surface area contributed by atoms with Gasteiger partial charge in [-0.15, -0.1) is 0 Å². The number of aliphatic imine (C=N–C) groups is 1. The number of amides is 2. The van der Waals surface area contributed by atoms with E-state index in [1.54, 1.807) is 0 Å². The first-order chi connectivity index (χ1) is 9.34. The summed E-state index contributed by atoms with van der Waals surface area (Å²) in [5.74, 6) is -1.55. The zero-order chi connectivity index (χ0) is 15.3. The van der Waals surface area contributed by atoms with Crippen molar-refractivity contribution in [3.63, 3.8) is 0 Å². The van der Waals surface area contributed by atoms with Gasteiger partial charge in [-0.1, -0.05) is 0 Å². The van der Waals surface area contributed by atoms with Gasteiger partial charge in [0.15, 0.2) is 11.0 Å². The molecule has 6 nitrogen and oxygen atoms in total. The normalized spacial score (nSPS) is 20.4. The molecular formula is C13H23N4O2S+. The molecule has 1 fully saturated rings. The minimum absolute atomic E-state index is 0.0798. The summed E-state index contributed by atoms with van der Waals surface area (Å²) in [6.45, 7) is 5.34. The number of hydrogen-bond donors (Lipinski definition) is 2. The minimum atomic E-state index is -0.865. The van der Waals surface area contributed by atoms with Crippen LogP contribution in [0.4, 0.5) is 0 Å². The second-order valence-electron chi connectivity index (χ2n) is 5.44. The fourth-order valence-corrected chi connectivity index (χ4v) is 2.33. The molecule has 0 aromatic rings. The van der Waals surface area contributed by atoms with Gasteiger partial charge < -0.3 is 10.2 Å². The van der Waals surface area contributed by atoms with Gasteiger partial charge >= 0.3 is 0 Å². The van der Waals surface area contributed by atoms with Crippen LogP contribution in [0.25, 0.3) is 0 Å². The molecule has 7 heteroatoms. The van der Waals surface area contributed by atoms with Crippen LogP contribution < -0.4 is 10.2 Å². The molecule has 0 aromatic carbocycles. The fourth-order valence-electron chi connectivity index (χ4n) is 1.93. The first kappa shape index (κ1) is 16.7. The molecule has 0 spiro atoms. The molecule has 1 atom stereocenters. The number of quaternary nitrogens is 1. The van der Waals surface area contributed by atoms with Crippen molar-refractivity contribution in [2.24, 2.45) is 10.9 Å². The van der Waals surface area contributed by atoms with E-state index >= 15 is 0 Å². The number of rotatable bonds is 6. The van der Waals surface area contributed by atoms with Gasteiger partial charge in [-0.2, -0.15) is 0 Å². The van der Waals surface area contributed by atoms with Crippen molar-refractivity contribution in [1.82, 2.24) is 10.2 Å². The zero-order valence-corrected chi connectivity index (χ0v) is 13.3. The summed E-state index contributed by atoms with van der Waals surface area (Å²) in [4.78, 5) is 31.0. The Morgan fingerprint density at radius 1 is 1.45 bits per heavy atom. The molecule has 112 valence electrons. The third kappa shape index (κ3) is 4.35. The van der Waals surface area contributed by atoms with E-state index in [9.17, 15) is 9.59 Å². The van der Waals surface area contributed by atoms with Crippen LogP contribution in [0.15, 0.2) is 4.99 Å². The van der Waals surface area contributed by atoms with Gasteiger partial charge in [-0.05, 0) is 26.1 Å². The minimum Gasteiger partial charge on any atom is -0.340 e. The van der Waals surface area contributed by atoms with Crippen LogP contribution in [0.1, 0.15) is 20.3 Å². The first-order valence-corrected chi connectivity index (χ1v) is 7.22. The lowest BCUT2D eigenvalue weighted by molar-refractivity contribution is -0.858. The number of hydrogen-bond acceptors (Lipinski definition) is 4. The Labute approximate surface area is 125 Å². The maximum Gasteiger partial charge on any atom is 0.247 e. The fraction of sp³-hybridized carbons (Fsp3) is 0.692. The standard InChI is InChI=1S/C13H22N4O2S/c1-9(2)17-12(19)10(11(18)15-13(17)20)8-14-6-5-7-16(3)4/h8-10H,5-7H2,1-4H3,(H,15,18,20)/p+1/t10-/m1/s1. The highest BCUT2D eigenvalue weighted by atomic mass is 32.1. The van der Waals surface area contributed by atoms with E-state index < -0.39 is 5.92 Å². The Bertz CT molecular complexity index is 421. The molecule has 1 rings (SSSR count). The van der Waals surface area contributed by atoms with E-state index in [0.29, 0.717) is 6.54 Å². The zero-order valence-electron chi connectivity index (χ0n) is 12.5. The summed E-state index contributed by atoms with van der Waals surface area (Å²) >= 11 is 5.02. The topological polar surface area (TPSA) is 66.2 Å². The van der Waals surface area contributed by atoms with E-state index in [0.717, 1.165) is 13.0 Å². The van der Waals surface area contributed by atoms with Crippen molar-refractivity contribution in [2.45, 2.75) is 26.3 Å². The lowest BCUT2D eigenvalue weighted by Crippen LogP contribution is -3.05. The van der Waals surface area contributed by atoms with E-state index in [2.05, 4.69) is 24.4 Å². The summed E-state index contributed by atoms with van der Waals surface area (Å²) < 4.78 is 0. The molecule has 20 heavy (non-hydrogen) atoms. The van der Waals surface area contributed by atoms with Crippen molar-refractivity contribution >= 4 is 35.4 Å². The number of nitrogens with one attached hydrogen (secondary N) is 2. The van der Waals surface area contributed by atoms with E-state index in [1.165, 1.54) is 16.0 Å². The van der Waals surface area contributed by atoms with E-state index in [-0.39, 0.29) is 23.0 Å². The van der Waals surface area contributed by atoms with Crippen LogP contribution in [0.5, 0.6) is 0 Å². The van der Waals surface area contributed by atoms with Crippen molar-refractivity contribution in [1.29, 1.82) is 0 Å². The van der Waals surface area contributed by atoms with Gasteiger partial charge in [0.1, 0.15) is 0 Å². The predicted molar refractivity (Wildman–Crippen MR) is 81.9 cm³/mol. The summed E-state index contributed by atoms with van der Waals surface area (Å²) in [6.07, 6.45) is 2.37. The van der Waals surface area contributed by atoms with Crippen LogP contribution in [-0.4, -0.2) is 61.3 Å². The Morgan fingerprint density at radius 2 is 2.10 bits per heavy atom. The van der Waals surface area contributed by atoms with E-state index in [4.69, 9.17) is 12.2 Å². The van der Waals surface area contributed by atoms with Crippen molar-refractivity contribution < 1.29 is 14.5 Å². The number of carbonyl (C=O) groups excluding carboxylic acids is 2. The Morgan fingerprint density at radius 3 is 2.65 bits per heavy atom. The molecule has 0 aliphatic carbocycles. The highest BCUT2D eigenvalue weighted by Gasteiger charge is 2.38. The summed E-state index contributed by atoms with van der Waals surface area (Å²) in [6, 6.07) is -0.0798. The molecular weight excluding hydrogens is 276 g/mol. The van der Waals surface area contributed by atoms with Crippen LogP contribution in [0.2, 0.25) is 0 Å². The molecule has 1 heterocycles. The molecule has 2 N–H and O–H groups in total. The van der Waals surface area contributed by atoms with Crippen molar-refractivity contribution in [3.8, 4) is 0 Å². The summed E-state index contributed by atoms with van der Waals surface area (Å²) in [5.41, 5.74) is 0. The smallest absolute Gasteiger partial charge is 0.247 e. The van der Waals surface area contributed by atoms with Gasteiger partial charge in [0.05, 0.1) is 20.6 Å². The average molecular weight is 299 g/mol. The quantitative estimate of drug-likeness (QED) is 0.282. The predicted octanol–water partition coefficient (Wildman–Crippen LogP) is -1.14. The maximum absolute atomic E-state index is 12.2. The summed E-state index contributed by atoms with van der Waals surface area (Å²) in [7, 11) is 4.15. The lowest BCUT2D eigenvalue weighted by atomic mass is 10.1. The molecule has 1 saturated heterocycles.